The molecule has 0 aliphatic heterocycles. The van der Waals surface area contributed by atoms with Crippen LogP contribution in [0.3, 0.4) is 0 Å². The first-order chi connectivity index (χ1) is 15.3. The van der Waals surface area contributed by atoms with Gasteiger partial charge in [0.1, 0.15) is 12.0 Å². The number of benzene rings is 2. The van der Waals surface area contributed by atoms with Crippen LogP contribution in [0.15, 0.2) is 48.8 Å². The zero-order valence-electron chi connectivity index (χ0n) is 16.1. The summed E-state index contributed by atoms with van der Waals surface area (Å²) < 4.78 is 26.7. The van der Waals surface area contributed by atoms with Gasteiger partial charge in [0.15, 0.2) is 17.3 Å². The van der Waals surface area contributed by atoms with E-state index in [1.165, 1.54) is 10.9 Å². The van der Waals surface area contributed by atoms with Gasteiger partial charge < -0.3 is 15.6 Å². The van der Waals surface area contributed by atoms with Crippen LogP contribution in [0.1, 0.15) is 10.5 Å². The van der Waals surface area contributed by atoms with Crippen LogP contribution in [-0.4, -0.2) is 42.1 Å². The Hall–Kier alpha value is -3.57. The van der Waals surface area contributed by atoms with Gasteiger partial charge in [-0.3, -0.25) is 4.79 Å². The maximum absolute atomic E-state index is 12.7. The van der Waals surface area contributed by atoms with Crippen molar-refractivity contribution in [2.45, 2.75) is 13.0 Å². The summed E-state index contributed by atoms with van der Waals surface area (Å²) in [5.41, 5.74) is 6.72. The second kappa shape index (κ2) is 8.89. The van der Waals surface area contributed by atoms with Crippen molar-refractivity contribution in [2.24, 2.45) is 5.73 Å². The van der Waals surface area contributed by atoms with Crippen LogP contribution < -0.4 is 11.1 Å². The molecule has 0 radical (unpaired) electrons. The van der Waals surface area contributed by atoms with Crippen molar-refractivity contribution in [1.29, 1.82) is 0 Å². The van der Waals surface area contributed by atoms with E-state index in [-0.39, 0.29) is 21.6 Å². The second-order valence-corrected chi connectivity index (χ2v) is 7.34. The highest BCUT2D eigenvalue weighted by atomic mass is 35.5. The van der Waals surface area contributed by atoms with E-state index in [9.17, 15) is 13.6 Å². The highest BCUT2D eigenvalue weighted by Crippen LogP contribution is 2.29. The molecular weight excluding hydrogens is 465 g/mol. The zero-order chi connectivity index (χ0) is 22.8. The quantitative estimate of drug-likeness (QED) is 0.415. The lowest BCUT2D eigenvalue weighted by atomic mass is 10.2. The van der Waals surface area contributed by atoms with Crippen LogP contribution in [0, 0.1) is 0 Å². The minimum absolute atomic E-state index is 0.0853. The summed E-state index contributed by atoms with van der Waals surface area (Å²) in [5.74, 6) is -0.422. The first kappa shape index (κ1) is 21.7. The predicted octanol–water partition coefficient (Wildman–Crippen LogP) is 3.94. The summed E-state index contributed by atoms with van der Waals surface area (Å²) in [4.78, 5) is 13.0. The molecule has 4 aromatic rings. The number of carbonyl (C=O) groups is 1. The molecule has 0 unspecified atom stereocenters. The van der Waals surface area contributed by atoms with Gasteiger partial charge in [-0.15, -0.1) is 25.2 Å². The summed E-state index contributed by atoms with van der Waals surface area (Å²) in [7, 11) is 0. The van der Waals surface area contributed by atoms with Gasteiger partial charge >= 0.3 is 0 Å². The minimum Gasteiger partial charge on any atom is -0.364 e. The number of rotatable bonds is 7. The number of hydrogen-bond acceptors (Lipinski definition) is 6. The standard InChI is InChI=1S/C19H14Cl2F2N8O/c20-12-2-1-3-13(21)16(12)31-28-15(17(24)32)18(29-31)26-11-6-4-10(5-7-11)19-27-25-9-30(19)8-14(22)23/h1-7,9,14H,8H2,(H2,24,32)(H,26,29). The van der Waals surface area contributed by atoms with Gasteiger partial charge in [0, 0.05) is 11.3 Å². The van der Waals surface area contributed by atoms with E-state index >= 15 is 0 Å². The van der Waals surface area contributed by atoms with Gasteiger partial charge in [0.25, 0.3) is 12.3 Å². The molecule has 2 heterocycles. The molecule has 0 aliphatic rings. The van der Waals surface area contributed by atoms with Crippen LogP contribution in [0.2, 0.25) is 10.0 Å². The average molecular weight is 479 g/mol. The molecule has 13 heteroatoms. The van der Waals surface area contributed by atoms with E-state index in [0.29, 0.717) is 22.8 Å². The molecule has 164 valence electrons. The Kier molecular flexibility index (Phi) is 6.01. The number of amides is 1. The Morgan fingerprint density at radius 2 is 1.78 bits per heavy atom. The number of halogens is 4. The van der Waals surface area contributed by atoms with Crippen molar-refractivity contribution in [3.05, 3.63) is 64.5 Å². The first-order valence-electron chi connectivity index (χ1n) is 9.08. The van der Waals surface area contributed by atoms with Gasteiger partial charge in [-0.05, 0) is 36.4 Å². The van der Waals surface area contributed by atoms with Crippen LogP contribution in [0.25, 0.3) is 17.1 Å². The smallest absolute Gasteiger partial charge is 0.273 e. The van der Waals surface area contributed by atoms with Gasteiger partial charge in [-0.2, -0.15) is 0 Å². The number of aromatic nitrogens is 6. The summed E-state index contributed by atoms with van der Waals surface area (Å²) >= 11 is 12.4. The average Bonchev–Trinajstić information content (AvgIpc) is 3.35. The number of hydrogen-bond donors (Lipinski definition) is 2. The largest absolute Gasteiger partial charge is 0.364 e. The summed E-state index contributed by atoms with van der Waals surface area (Å²) in [6.45, 7) is -0.516. The zero-order valence-corrected chi connectivity index (χ0v) is 17.6. The van der Waals surface area contributed by atoms with Crippen LogP contribution >= 0.6 is 23.2 Å². The molecule has 2 aromatic carbocycles. The molecule has 32 heavy (non-hydrogen) atoms. The number of alkyl halides is 2. The molecule has 0 fully saturated rings. The molecule has 3 N–H and O–H groups in total. The number of carbonyl (C=O) groups excluding carboxylic acids is 1. The van der Waals surface area contributed by atoms with E-state index in [1.807, 2.05) is 0 Å². The lowest BCUT2D eigenvalue weighted by Gasteiger charge is -2.08. The Labute approximate surface area is 189 Å². The normalized spacial score (nSPS) is 11.2. The fourth-order valence-electron chi connectivity index (χ4n) is 2.94. The van der Waals surface area contributed by atoms with E-state index in [4.69, 9.17) is 28.9 Å². The van der Waals surface area contributed by atoms with Crippen molar-refractivity contribution in [3.8, 4) is 17.1 Å². The maximum atomic E-state index is 12.7. The Morgan fingerprint density at radius 1 is 1.09 bits per heavy atom. The molecule has 0 saturated carbocycles. The number of nitrogens with one attached hydrogen (secondary N) is 1. The van der Waals surface area contributed by atoms with Crippen LogP contribution in [0.4, 0.5) is 20.3 Å². The van der Waals surface area contributed by atoms with Gasteiger partial charge in [0.05, 0.1) is 16.6 Å². The molecular formula is C19H14Cl2F2N8O. The van der Waals surface area contributed by atoms with Crippen molar-refractivity contribution in [2.75, 3.05) is 5.32 Å². The number of nitrogens with two attached hydrogens (primary N) is 1. The number of primary amides is 1. The van der Waals surface area contributed by atoms with Gasteiger partial charge in [-0.1, -0.05) is 29.3 Å². The third-order valence-corrected chi connectivity index (χ3v) is 4.95. The van der Waals surface area contributed by atoms with Crippen molar-refractivity contribution in [1.82, 2.24) is 29.8 Å². The van der Waals surface area contributed by atoms with E-state index in [1.54, 1.807) is 42.5 Å². The molecule has 1 amide bonds. The summed E-state index contributed by atoms with van der Waals surface area (Å²) in [5, 5.41) is 19.5. The molecule has 2 aromatic heterocycles. The SMILES string of the molecule is NC(=O)c1nn(-c2c(Cl)cccc2Cl)nc1Nc1ccc(-c2nncn2CC(F)F)cc1. The van der Waals surface area contributed by atoms with Crippen LogP contribution in [-0.2, 0) is 6.54 Å². The molecule has 0 saturated heterocycles. The summed E-state index contributed by atoms with van der Waals surface area (Å²) in [6, 6.07) is 11.5. The Bertz CT molecular complexity index is 1250. The highest BCUT2D eigenvalue weighted by Gasteiger charge is 2.20. The first-order valence-corrected chi connectivity index (χ1v) is 9.84. The lowest BCUT2D eigenvalue weighted by molar-refractivity contribution is 0.0996. The summed E-state index contributed by atoms with van der Waals surface area (Å²) in [6.07, 6.45) is -1.29. The van der Waals surface area contributed by atoms with E-state index in [0.717, 1.165) is 4.80 Å². The highest BCUT2D eigenvalue weighted by molar-refractivity contribution is 6.37. The third kappa shape index (κ3) is 4.39. The molecule has 0 bridgehead atoms. The second-order valence-electron chi connectivity index (χ2n) is 6.52. The monoisotopic (exact) mass is 478 g/mol. The van der Waals surface area contributed by atoms with Crippen LogP contribution in [0.5, 0.6) is 0 Å². The van der Waals surface area contributed by atoms with E-state index < -0.39 is 18.9 Å². The van der Waals surface area contributed by atoms with Gasteiger partial charge in [0.2, 0.25) is 0 Å². The molecule has 9 nitrogen and oxygen atoms in total. The number of para-hydroxylation sites is 1. The maximum Gasteiger partial charge on any atom is 0.273 e. The van der Waals surface area contributed by atoms with Crippen molar-refractivity contribution in [3.63, 3.8) is 0 Å². The van der Waals surface area contributed by atoms with Crippen molar-refractivity contribution >= 4 is 40.6 Å². The molecule has 0 spiro atoms. The fourth-order valence-corrected chi connectivity index (χ4v) is 3.49. The Balaban J connectivity index is 1.63. The lowest BCUT2D eigenvalue weighted by Crippen LogP contribution is -2.14. The Morgan fingerprint density at radius 3 is 2.41 bits per heavy atom. The minimum atomic E-state index is -2.54. The predicted molar refractivity (Wildman–Crippen MR) is 115 cm³/mol. The molecule has 0 atom stereocenters. The fraction of sp³-hybridized carbons (Fsp3) is 0.105. The number of anilines is 2. The molecule has 4 rings (SSSR count). The topological polar surface area (TPSA) is 117 Å². The van der Waals surface area contributed by atoms with Crippen molar-refractivity contribution < 1.29 is 13.6 Å². The number of nitrogens with zero attached hydrogens (tertiary/aromatic N) is 6. The molecule has 0 aliphatic carbocycles. The van der Waals surface area contributed by atoms with Gasteiger partial charge in [-0.25, -0.2) is 8.78 Å². The third-order valence-electron chi connectivity index (χ3n) is 4.34. The van der Waals surface area contributed by atoms with E-state index in [2.05, 4.69) is 25.7 Å².